The van der Waals surface area contributed by atoms with Crippen LogP contribution in [0, 0.1) is 17.8 Å². The smallest absolute Gasteiger partial charge is 0.104 e. The maximum absolute atomic E-state index is 14.2. The van der Waals surface area contributed by atoms with Gasteiger partial charge in [0.15, 0.2) is 0 Å². The summed E-state index contributed by atoms with van der Waals surface area (Å²) in [5.74, 6) is 1.55. The third kappa shape index (κ3) is 8.54. The minimum absolute atomic E-state index is 0.110. The Kier molecular flexibility index (Phi) is 11.5. The highest BCUT2D eigenvalue weighted by Gasteiger charge is 2.31. The number of methoxy groups -OCH3 is 1. The number of hydrogen-bond donors (Lipinski definition) is 1. The molecule has 182 valence electrons. The zero-order valence-corrected chi connectivity index (χ0v) is 19.9. The molecule has 3 fully saturated rings. The maximum Gasteiger partial charge on any atom is 0.104 e. The number of piperidine rings is 1. The summed E-state index contributed by atoms with van der Waals surface area (Å²) in [5, 5.41) is 9.16. The molecule has 1 saturated heterocycles. The van der Waals surface area contributed by atoms with Gasteiger partial charge in [0, 0.05) is 39.2 Å². The van der Waals surface area contributed by atoms with Gasteiger partial charge in [0.1, 0.15) is 6.17 Å². The second-order valence-corrected chi connectivity index (χ2v) is 10.2. The molecule has 2 aliphatic carbocycles. The van der Waals surface area contributed by atoms with Crippen molar-refractivity contribution in [3.05, 3.63) is 0 Å². The van der Waals surface area contributed by atoms with Gasteiger partial charge in [-0.2, -0.15) is 0 Å². The molecule has 31 heavy (non-hydrogen) atoms. The van der Waals surface area contributed by atoms with Gasteiger partial charge in [-0.25, -0.2) is 4.39 Å². The first kappa shape index (κ1) is 25.4. The number of alkyl halides is 1. The average Bonchev–Trinajstić information content (AvgIpc) is 2.79. The van der Waals surface area contributed by atoms with Crippen LogP contribution >= 0.6 is 0 Å². The van der Waals surface area contributed by atoms with E-state index >= 15 is 0 Å². The Labute approximate surface area is 189 Å². The van der Waals surface area contributed by atoms with Gasteiger partial charge >= 0.3 is 0 Å². The van der Waals surface area contributed by atoms with E-state index in [1.165, 1.54) is 38.5 Å². The number of ether oxygens (including phenoxy) is 2. The molecule has 0 radical (unpaired) electrons. The van der Waals surface area contributed by atoms with Crippen LogP contribution in [0.25, 0.3) is 0 Å². The molecule has 0 spiro atoms. The van der Waals surface area contributed by atoms with E-state index in [4.69, 9.17) is 14.6 Å². The number of hydrogen-bond acceptors (Lipinski definition) is 5. The highest BCUT2D eigenvalue weighted by atomic mass is 19.1. The minimum Gasteiger partial charge on any atom is -0.394 e. The Hall–Kier alpha value is -0.270. The van der Waals surface area contributed by atoms with E-state index in [1.807, 2.05) is 0 Å². The van der Waals surface area contributed by atoms with E-state index in [-0.39, 0.29) is 18.6 Å². The van der Waals surface area contributed by atoms with Crippen LogP contribution < -0.4 is 0 Å². The van der Waals surface area contributed by atoms with Crippen LogP contribution in [0.2, 0.25) is 0 Å². The van der Waals surface area contributed by atoms with Crippen LogP contribution in [0.1, 0.15) is 64.2 Å². The molecule has 0 aromatic rings. The summed E-state index contributed by atoms with van der Waals surface area (Å²) in [6.45, 7) is 7.74. The first-order chi connectivity index (χ1) is 15.2. The van der Waals surface area contributed by atoms with Gasteiger partial charge in [-0.3, -0.25) is 0 Å². The molecule has 3 aliphatic rings. The van der Waals surface area contributed by atoms with Crippen molar-refractivity contribution in [2.24, 2.45) is 17.8 Å². The van der Waals surface area contributed by atoms with Crippen LogP contribution in [-0.2, 0) is 9.47 Å². The Bertz CT molecular complexity index is 476. The molecule has 4 unspecified atom stereocenters. The highest BCUT2D eigenvalue weighted by molar-refractivity contribution is 4.83. The fourth-order valence-electron chi connectivity index (χ4n) is 6.03. The summed E-state index contributed by atoms with van der Waals surface area (Å²) < 4.78 is 25.6. The van der Waals surface area contributed by atoms with Crippen molar-refractivity contribution in [2.75, 3.05) is 66.2 Å². The molecule has 0 aromatic carbocycles. The lowest BCUT2D eigenvalue weighted by Crippen LogP contribution is -2.45. The predicted molar refractivity (Wildman–Crippen MR) is 123 cm³/mol. The minimum atomic E-state index is -0.576. The summed E-state index contributed by atoms with van der Waals surface area (Å²) >= 11 is 0. The molecular formula is C25H47FN2O3. The van der Waals surface area contributed by atoms with Crippen molar-refractivity contribution in [1.29, 1.82) is 0 Å². The number of rotatable bonds is 12. The van der Waals surface area contributed by atoms with Gasteiger partial charge in [0.2, 0.25) is 0 Å². The van der Waals surface area contributed by atoms with Crippen LogP contribution in [0.5, 0.6) is 0 Å². The van der Waals surface area contributed by atoms with Crippen LogP contribution in [0.15, 0.2) is 0 Å². The summed E-state index contributed by atoms with van der Waals surface area (Å²) in [4.78, 5) is 5.13. The van der Waals surface area contributed by atoms with E-state index in [0.29, 0.717) is 12.5 Å². The third-order valence-corrected chi connectivity index (χ3v) is 7.90. The fourth-order valence-corrected chi connectivity index (χ4v) is 6.03. The molecule has 1 N–H and O–H groups in total. The van der Waals surface area contributed by atoms with Crippen molar-refractivity contribution in [3.8, 4) is 0 Å². The van der Waals surface area contributed by atoms with Gasteiger partial charge in [-0.1, -0.05) is 25.7 Å². The lowest BCUT2D eigenvalue weighted by atomic mass is 9.85. The molecule has 1 aliphatic heterocycles. The van der Waals surface area contributed by atoms with Crippen LogP contribution in [-0.4, -0.2) is 93.4 Å². The van der Waals surface area contributed by atoms with Gasteiger partial charge in [0.05, 0.1) is 25.9 Å². The highest BCUT2D eigenvalue weighted by Crippen LogP contribution is 2.30. The number of aliphatic hydroxyl groups is 1. The molecule has 6 heteroatoms. The summed E-state index contributed by atoms with van der Waals surface area (Å²) in [5.41, 5.74) is 0. The fraction of sp³-hybridized carbons (Fsp3) is 1.00. The molecule has 2 saturated carbocycles. The SMILES string of the molecule is COCCN(CC1CCN(CC2CCCCC2F)CC1)CC1CCCCC1OCCO. The van der Waals surface area contributed by atoms with Crippen LogP contribution in [0.4, 0.5) is 4.39 Å². The first-order valence-corrected chi connectivity index (χ1v) is 13.0. The summed E-state index contributed by atoms with van der Waals surface area (Å²) in [6, 6.07) is 0. The molecular weight excluding hydrogens is 395 g/mol. The van der Waals surface area contributed by atoms with Gasteiger partial charge in [0.25, 0.3) is 0 Å². The van der Waals surface area contributed by atoms with Crippen molar-refractivity contribution < 1.29 is 19.0 Å². The van der Waals surface area contributed by atoms with Crippen molar-refractivity contribution in [2.45, 2.75) is 76.5 Å². The Balaban J connectivity index is 1.44. The van der Waals surface area contributed by atoms with E-state index < -0.39 is 6.17 Å². The van der Waals surface area contributed by atoms with Crippen LogP contribution in [0.3, 0.4) is 0 Å². The Morgan fingerprint density at radius 1 is 0.903 bits per heavy atom. The topological polar surface area (TPSA) is 45.2 Å². The zero-order valence-electron chi connectivity index (χ0n) is 19.9. The maximum atomic E-state index is 14.2. The van der Waals surface area contributed by atoms with E-state index in [9.17, 15) is 4.39 Å². The number of likely N-dealkylation sites (tertiary alicyclic amines) is 1. The molecule has 3 rings (SSSR count). The average molecular weight is 443 g/mol. The first-order valence-electron chi connectivity index (χ1n) is 13.0. The zero-order chi connectivity index (χ0) is 21.9. The lowest BCUT2D eigenvalue weighted by Gasteiger charge is -2.39. The van der Waals surface area contributed by atoms with Crippen molar-refractivity contribution >= 4 is 0 Å². The van der Waals surface area contributed by atoms with E-state index in [0.717, 1.165) is 77.5 Å². The Morgan fingerprint density at radius 2 is 1.61 bits per heavy atom. The van der Waals surface area contributed by atoms with Gasteiger partial charge in [-0.05, 0) is 63.5 Å². The normalized spacial score (nSPS) is 31.4. The van der Waals surface area contributed by atoms with Gasteiger partial charge < -0.3 is 24.4 Å². The summed E-state index contributed by atoms with van der Waals surface area (Å²) in [6.07, 6.45) is 11.2. The lowest BCUT2D eigenvalue weighted by molar-refractivity contribution is -0.0373. The van der Waals surface area contributed by atoms with E-state index in [2.05, 4.69) is 9.80 Å². The molecule has 0 amide bonds. The number of nitrogens with zero attached hydrogens (tertiary/aromatic N) is 2. The molecule has 1 heterocycles. The quantitative estimate of drug-likeness (QED) is 0.499. The van der Waals surface area contributed by atoms with E-state index in [1.54, 1.807) is 7.11 Å². The molecule has 0 bridgehead atoms. The second kappa shape index (κ2) is 14.1. The Morgan fingerprint density at radius 3 is 2.32 bits per heavy atom. The van der Waals surface area contributed by atoms with Gasteiger partial charge in [-0.15, -0.1) is 0 Å². The third-order valence-electron chi connectivity index (χ3n) is 7.90. The predicted octanol–water partition coefficient (Wildman–Crippen LogP) is 3.74. The monoisotopic (exact) mass is 442 g/mol. The molecule has 0 aromatic heterocycles. The molecule has 4 atom stereocenters. The second-order valence-electron chi connectivity index (χ2n) is 10.2. The summed E-state index contributed by atoms with van der Waals surface area (Å²) in [7, 11) is 1.79. The standard InChI is InChI=1S/C25H47FN2O3/c1-30-16-14-28(20-23-7-3-5-9-25(23)31-17-15-29)18-21-10-12-27(13-11-21)19-22-6-2-4-8-24(22)26/h21-25,29H,2-20H2,1H3. The van der Waals surface area contributed by atoms with Crippen molar-refractivity contribution in [3.63, 3.8) is 0 Å². The molecule has 5 nitrogen and oxygen atoms in total. The number of aliphatic hydroxyl groups excluding tert-OH is 1. The number of halogens is 1. The van der Waals surface area contributed by atoms with Crippen molar-refractivity contribution in [1.82, 2.24) is 9.80 Å². The largest absolute Gasteiger partial charge is 0.394 e.